The third-order valence-electron chi connectivity index (χ3n) is 5.62. The van der Waals surface area contributed by atoms with E-state index in [0.717, 1.165) is 32.4 Å². The number of nitrogens with two attached hydrogens (primary N) is 2. The lowest BCUT2D eigenvalue weighted by molar-refractivity contribution is 0.417. The van der Waals surface area contributed by atoms with Crippen LogP contribution in [0.2, 0.25) is 5.02 Å². The van der Waals surface area contributed by atoms with E-state index in [0.29, 0.717) is 21.7 Å². The van der Waals surface area contributed by atoms with E-state index in [9.17, 15) is 10.1 Å². The number of aromatic nitrogens is 4. The molecule has 1 aliphatic rings. The quantitative estimate of drug-likeness (QED) is 0.464. The second kappa shape index (κ2) is 8.98. The van der Waals surface area contributed by atoms with Crippen LogP contribution >= 0.6 is 11.6 Å². The monoisotopic (exact) mass is 453 g/mol. The molecule has 2 aromatic heterocycles. The van der Waals surface area contributed by atoms with Gasteiger partial charge in [-0.15, -0.1) is 0 Å². The van der Waals surface area contributed by atoms with Gasteiger partial charge in [-0.1, -0.05) is 17.7 Å². The second-order valence-electron chi connectivity index (χ2n) is 7.78. The largest absolute Gasteiger partial charge is 0.382 e. The number of hydrogen-bond acceptors (Lipinski definition) is 9. The smallest absolute Gasteiger partial charge is 0.263 e. The Kier molecular flexibility index (Phi) is 6.12. The molecule has 10 nitrogen and oxygen atoms in total. The maximum atomic E-state index is 13.6. The minimum absolute atomic E-state index is 0.0137. The molecular formula is C21H24ClN9O. The maximum absolute atomic E-state index is 13.6. The van der Waals surface area contributed by atoms with Gasteiger partial charge in [0.05, 0.1) is 22.0 Å². The van der Waals surface area contributed by atoms with Crippen LogP contribution in [0.4, 0.5) is 17.6 Å². The number of benzene rings is 1. The number of hydrogen-bond donors (Lipinski definition) is 4. The molecule has 0 bridgehead atoms. The fourth-order valence-corrected chi connectivity index (χ4v) is 4.37. The Bertz CT molecular complexity index is 1260. The van der Waals surface area contributed by atoms with Crippen molar-refractivity contribution in [3.63, 3.8) is 0 Å². The van der Waals surface area contributed by atoms with Crippen molar-refractivity contribution in [2.24, 2.45) is 0 Å². The summed E-state index contributed by atoms with van der Waals surface area (Å²) < 4.78 is 1.73. The number of rotatable bonds is 4. The number of halogens is 1. The van der Waals surface area contributed by atoms with Gasteiger partial charge >= 0.3 is 0 Å². The molecule has 0 unspecified atom stereocenters. The molecule has 0 amide bonds. The highest BCUT2D eigenvalue weighted by Gasteiger charge is 2.25. The Hall–Kier alpha value is -3.42. The average molecular weight is 454 g/mol. The van der Waals surface area contributed by atoms with Crippen molar-refractivity contribution in [1.82, 2.24) is 24.8 Å². The summed E-state index contributed by atoms with van der Waals surface area (Å²) in [7, 11) is 0. The second-order valence-corrected chi connectivity index (χ2v) is 8.19. The minimum Gasteiger partial charge on any atom is -0.382 e. The van der Waals surface area contributed by atoms with Crippen molar-refractivity contribution >= 4 is 40.1 Å². The first kappa shape index (κ1) is 21.8. The van der Waals surface area contributed by atoms with Gasteiger partial charge in [-0.25, -0.2) is 4.98 Å². The van der Waals surface area contributed by atoms with Gasteiger partial charge in [0.25, 0.3) is 5.56 Å². The summed E-state index contributed by atoms with van der Waals surface area (Å²) >= 11 is 6.38. The average Bonchev–Trinajstić information content (AvgIpc) is 3.02. The van der Waals surface area contributed by atoms with Gasteiger partial charge < -0.3 is 22.1 Å². The van der Waals surface area contributed by atoms with Crippen LogP contribution in [0, 0.1) is 11.3 Å². The normalized spacial score (nSPS) is 17.5. The zero-order valence-corrected chi connectivity index (χ0v) is 18.4. The highest BCUT2D eigenvalue weighted by atomic mass is 35.5. The standard InChI is InChI=1S/C21H24ClN9O/c1-11(27-18-13(10-23)17(24)29-21(25)30-18)19-28-15-6-2-5-14(22)16(15)20(32)31(19)12-4-3-8-26-9-7-12/h2,5-6,11-12,26H,3-4,7-9H2,1H3,(H5,24,25,27,29,30)/t11-,12+/m0/s1. The predicted molar refractivity (Wildman–Crippen MR) is 124 cm³/mol. The van der Waals surface area contributed by atoms with Crippen molar-refractivity contribution in [2.45, 2.75) is 38.3 Å². The van der Waals surface area contributed by atoms with Crippen molar-refractivity contribution in [3.8, 4) is 6.07 Å². The summed E-state index contributed by atoms with van der Waals surface area (Å²) in [5.41, 5.74) is 12.0. The molecule has 1 aromatic carbocycles. The van der Waals surface area contributed by atoms with E-state index in [-0.39, 0.29) is 34.7 Å². The topological polar surface area (TPSA) is 161 Å². The molecule has 0 spiro atoms. The summed E-state index contributed by atoms with van der Waals surface area (Å²) in [5, 5.41) is 16.8. The van der Waals surface area contributed by atoms with Crippen LogP contribution in [0.1, 0.15) is 49.7 Å². The number of nitrogen functional groups attached to an aromatic ring is 2. The zero-order valence-electron chi connectivity index (χ0n) is 17.6. The van der Waals surface area contributed by atoms with Gasteiger partial charge in [0.2, 0.25) is 5.95 Å². The fourth-order valence-electron chi connectivity index (χ4n) is 4.12. The third-order valence-corrected chi connectivity index (χ3v) is 5.94. The van der Waals surface area contributed by atoms with Gasteiger partial charge in [-0.05, 0) is 51.4 Å². The molecule has 4 rings (SSSR count). The van der Waals surface area contributed by atoms with E-state index in [1.807, 2.05) is 13.0 Å². The molecule has 3 heterocycles. The summed E-state index contributed by atoms with van der Waals surface area (Å²) in [5.74, 6) is 0.651. The molecule has 0 aliphatic carbocycles. The fraction of sp³-hybridized carbons (Fsp3) is 0.381. The lowest BCUT2D eigenvalue weighted by atomic mass is 10.1. The molecule has 1 fully saturated rings. The van der Waals surface area contributed by atoms with Gasteiger partial charge in [-0.2, -0.15) is 15.2 Å². The van der Waals surface area contributed by atoms with Gasteiger partial charge in [-0.3, -0.25) is 9.36 Å². The van der Waals surface area contributed by atoms with Crippen LogP contribution in [0.15, 0.2) is 23.0 Å². The number of nitriles is 1. The number of anilines is 3. The first-order valence-electron chi connectivity index (χ1n) is 10.4. The SMILES string of the molecule is C[C@H](Nc1nc(N)nc(N)c1C#N)c1nc2cccc(Cl)c2c(=O)n1[C@@H]1CCCNCC1. The molecule has 166 valence electrons. The molecule has 1 saturated heterocycles. The molecule has 11 heteroatoms. The van der Waals surface area contributed by atoms with E-state index in [1.165, 1.54) is 0 Å². The van der Waals surface area contributed by atoms with Crippen LogP contribution in [0.3, 0.4) is 0 Å². The molecule has 0 saturated carbocycles. The van der Waals surface area contributed by atoms with Crippen molar-refractivity contribution in [2.75, 3.05) is 29.9 Å². The number of nitrogens with zero attached hydrogens (tertiary/aromatic N) is 5. The Balaban J connectivity index is 1.87. The Labute approximate surface area is 189 Å². The van der Waals surface area contributed by atoms with Crippen LogP contribution in [0.5, 0.6) is 0 Å². The Morgan fingerprint density at radius 2 is 2.09 bits per heavy atom. The first-order valence-corrected chi connectivity index (χ1v) is 10.8. The molecule has 0 radical (unpaired) electrons. The van der Waals surface area contributed by atoms with Crippen molar-refractivity contribution in [3.05, 3.63) is 45.0 Å². The van der Waals surface area contributed by atoms with E-state index in [2.05, 4.69) is 20.6 Å². The summed E-state index contributed by atoms with van der Waals surface area (Å²) in [6, 6.07) is 6.69. The third kappa shape index (κ3) is 4.04. The Morgan fingerprint density at radius 3 is 2.88 bits per heavy atom. The predicted octanol–water partition coefficient (Wildman–Crippen LogP) is 2.36. The lowest BCUT2D eigenvalue weighted by Gasteiger charge is -2.26. The van der Waals surface area contributed by atoms with E-state index >= 15 is 0 Å². The first-order chi connectivity index (χ1) is 15.4. The van der Waals surface area contributed by atoms with E-state index < -0.39 is 6.04 Å². The van der Waals surface area contributed by atoms with Crippen molar-refractivity contribution < 1.29 is 0 Å². The van der Waals surface area contributed by atoms with Crippen LogP contribution in [-0.4, -0.2) is 32.6 Å². The minimum atomic E-state index is -0.483. The summed E-state index contributed by atoms with van der Waals surface area (Å²) in [6.07, 6.45) is 2.56. The van der Waals surface area contributed by atoms with Gasteiger partial charge in [0, 0.05) is 6.04 Å². The van der Waals surface area contributed by atoms with Crippen LogP contribution < -0.4 is 27.7 Å². The molecule has 1 aliphatic heterocycles. The van der Waals surface area contributed by atoms with Gasteiger partial charge in [0.1, 0.15) is 23.3 Å². The van der Waals surface area contributed by atoms with E-state index in [4.69, 9.17) is 28.1 Å². The molecular weight excluding hydrogens is 430 g/mol. The lowest BCUT2D eigenvalue weighted by Crippen LogP contribution is -2.32. The Morgan fingerprint density at radius 1 is 1.28 bits per heavy atom. The molecule has 6 N–H and O–H groups in total. The van der Waals surface area contributed by atoms with Crippen molar-refractivity contribution in [1.29, 1.82) is 5.26 Å². The van der Waals surface area contributed by atoms with Gasteiger partial charge in [0.15, 0.2) is 5.82 Å². The summed E-state index contributed by atoms with van der Waals surface area (Å²) in [4.78, 5) is 26.4. The maximum Gasteiger partial charge on any atom is 0.263 e. The zero-order chi connectivity index (χ0) is 22.8. The van der Waals surface area contributed by atoms with Crippen LogP contribution in [-0.2, 0) is 0 Å². The molecule has 3 aromatic rings. The van der Waals surface area contributed by atoms with E-state index in [1.54, 1.807) is 22.8 Å². The number of fused-ring (bicyclic) bond motifs is 1. The summed E-state index contributed by atoms with van der Waals surface area (Å²) in [6.45, 7) is 3.55. The highest BCUT2D eigenvalue weighted by molar-refractivity contribution is 6.35. The van der Waals surface area contributed by atoms with Crippen LogP contribution in [0.25, 0.3) is 10.9 Å². The highest BCUT2D eigenvalue weighted by Crippen LogP contribution is 2.29. The molecule has 2 atom stereocenters. The molecule has 32 heavy (non-hydrogen) atoms. The number of nitrogens with one attached hydrogen (secondary N) is 2.